The predicted octanol–water partition coefficient (Wildman–Crippen LogP) is 2.91. The largest absolute Gasteiger partial charge is 0.496 e. The summed E-state index contributed by atoms with van der Waals surface area (Å²) in [7, 11) is 1.57. The predicted molar refractivity (Wildman–Crippen MR) is 79.3 cm³/mol. The molecule has 21 heavy (non-hydrogen) atoms. The molecule has 1 aliphatic rings. The van der Waals surface area contributed by atoms with Gasteiger partial charge in [-0.25, -0.2) is 4.79 Å². The van der Waals surface area contributed by atoms with Crippen LogP contribution >= 0.6 is 0 Å². The Kier molecular flexibility index (Phi) is 3.62. The maximum atomic E-state index is 11.0. The van der Waals surface area contributed by atoms with E-state index in [9.17, 15) is 4.79 Å². The second-order valence-electron chi connectivity index (χ2n) is 5.25. The van der Waals surface area contributed by atoms with Gasteiger partial charge in [0.25, 0.3) is 0 Å². The van der Waals surface area contributed by atoms with E-state index in [1.807, 2.05) is 6.07 Å². The Bertz CT molecular complexity index is 656. The zero-order valence-corrected chi connectivity index (χ0v) is 11.9. The van der Waals surface area contributed by atoms with Crippen molar-refractivity contribution < 1.29 is 14.6 Å². The fourth-order valence-electron chi connectivity index (χ4n) is 2.76. The molecule has 2 aromatic rings. The molecule has 0 saturated carbocycles. The average molecular weight is 283 g/mol. The molecule has 0 radical (unpaired) electrons. The lowest BCUT2D eigenvalue weighted by Crippen LogP contribution is -2.16. The Morgan fingerprint density at radius 2 is 1.86 bits per heavy atom. The van der Waals surface area contributed by atoms with E-state index in [0.29, 0.717) is 5.75 Å². The van der Waals surface area contributed by atoms with Crippen molar-refractivity contribution in [3.8, 4) is 5.75 Å². The number of rotatable bonds is 4. The molecule has 108 valence electrons. The van der Waals surface area contributed by atoms with Crippen molar-refractivity contribution in [2.75, 3.05) is 7.11 Å². The van der Waals surface area contributed by atoms with Gasteiger partial charge >= 0.3 is 5.97 Å². The van der Waals surface area contributed by atoms with Gasteiger partial charge in [0.2, 0.25) is 0 Å². The second kappa shape index (κ2) is 5.58. The van der Waals surface area contributed by atoms with E-state index in [2.05, 4.69) is 29.2 Å². The third-order valence-electron chi connectivity index (χ3n) is 3.83. The van der Waals surface area contributed by atoms with Crippen LogP contribution in [-0.4, -0.2) is 23.1 Å². The molecule has 0 amide bonds. The van der Waals surface area contributed by atoms with Crippen LogP contribution in [0.4, 0.5) is 0 Å². The summed E-state index contributed by atoms with van der Waals surface area (Å²) in [6, 6.07) is 13.5. The average Bonchev–Trinajstić information content (AvgIpc) is 2.89. The van der Waals surface area contributed by atoms with E-state index in [1.54, 1.807) is 19.2 Å². The van der Waals surface area contributed by atoms with Gasteiger partial charge in [0.05, 0.1) is 12.7 Å². The number of benzene rings is 2. The summed E-state index contributed by atoms with van der Waals surface area (Å²) in [4.78, 5) is 13.3. The van der Waals surface area contributed by atoms with Crippen LogP contribution in [0, 0.1) is 0 Å². The summed E-state index contributed by atoms with van der Waals surface area (Å²) in [5, 5.41) is 9.03. The minimum absolute atomic E-state index is 0.250. The molecule has 1 N–H and O–H groups in total. The van der Waals surface area contributed by atoms with E-state index < -0.39 is 5.97 Å². The number of carbonyl (C=O) groups is 1. The third-order valence-corrected chi connectivity index (χ3v) is 3.83. The van der Waals surface area contributed by atoms with Crippen molar-refractivity contribution in [1.82, 2.24) is 4.90 Å². The van der Waals surface area contributed by atoms with Gasteiger partial charge in [0, 0.05) is 25.2 Å². The number of fused-ring (bicyclic) bond motifs is 1. The molecular weight excluding hydrogens is 266 g/mol. The summed E-state index contributed by atoms with van der Waals surface area (Å²) < 4.78 is 5.33. The number of ether oxygens (including phenoxy) is 1. The van der Waals surface area contributed by atoms with Crippen molar-refractivity contribution in [2.24, 2.45) is 0 Å². The lowest BCUT2D eigenvalue weighted by Gasteiger charge is -2.17. The summed E-state index contributed by atoms with van der Waals surface area (Å²) in [6.07, 6.45) is 0. The molecule has 2 aromatic carbocycles. The maximum absolute atomic E-state index is 11.0. The van der Waals surface area contributed by atoms with Gasteiger partial charge in [0.1, 0.15) is 5.75 Å². The standard InChI is InChI=1S/C17H17NO3/c1-21-16-8-12(17(19)20)6-7-15(16)11-18-9-13-4-2-3-5-14(13)10-18/h2-8H,9-11H2,1H3,(H,19,20). The molecule has 0 fully saturated rings. The van der Waals surface area contributed by atoms with Gasteiger partial charge in [-0.2, -0.15) is 0 Å². The summed E-state index contributed by atoms with van der Waals surface area (Å²) in [6.45, 7) is 2.58. The molecule has 0 atom stereocenters. The van der Waals surface area contributed by atoms with Crippen LogP contribution in [0.25, 0.3) is 0 Å². The number of hydrogen-bond acceptors (Lipinski definition) is 3. The van der Waals surface area contributed by atoms with Crippen LogP contribution < -0.4 is 4.74 Å². The molecule has 0 saturated heterocycles. The van der Waals surface area contributed by atoms with Crippen LogP contribution in [0.15, 0.2) is 42.5 Å². The quantitative estimate of drug-likeness (QED) is 0.937. The monoisotopic (exact) mass is 283 g/mol. The van der Waals surface area contributed by atoms with E-state index in [-0.39, 0.29) is 5.56 Å². The van der Waals surface area contributed by atoms with E-state index in [4.69, 9.17) is 9.84 Å². The Morgan fingerprint density at radius 3 is 2.43 bits per heavy atom. The molecule has 4 nitrogen and oxygen atoms in total. The first-order valence-electron chi connectivity index (χ1n) is 6.86. The Morgan fingerprint density at radius 1 is 1.19 bits per heavy atom. The zero-order chi connectivity index (χ0) is 14.8. The molecule has 0 aliphatic carbocycles. The van der Waals surface area contributed by atoms with Gasteiger partial charge in [0.15, 0.2) is 0 Å². The van der Waals surface area contributed by atoms with Gasteiger partial charge < -0.3 is 9.84 Å². The second-order valence-corrected chi connectivity index (χ2v) is 5.25. The van der Waals surface area contributed by atoms with Crippen molar-refractivity contribution >= 4 is 5.97 Å². The topological polar surface area (TPSA) is 49.8 Å². The van der Waals surface area contributed by atoms with Gasteiger partial charge in [-0.15, -0.1) is 0 Å². The highest BCUT2D eigenvalue weighted by atomic mass is 16.5. The van der Waals surface area contributed by atoms with Crippen LogP contribution in [-0.2, 0) is 19.6 Å². The smallest absolute Gasteiger partial charge is 0.335 e. The first-order chi connectivity index (χ1) is 10.2. The van der Waals surface area contributed by atoms with E-state index >= 15 is 0 Å². The lowest BCUT2D eigenvalue weighted by molar-refractivity contribution is 0.0696. The number of methoxy groups -OCH3 is 1. The van der Waals surface area contributed by atoms with Gasteiger partial charge in [-0.3, -0.25) is 4.90 Å². The molecular formula is C17H17NO3. The fourth-order valence-corrected chi connectivity index (χ4v) is 2.76. The number of nitrogens with zero attached hydrogens (tertiary/aromatic N) is 1. The van der Waals surface area contributed by atoms with E-state index in [0.717, 1.165) is 25.2 Å². The minimum atomic E-state index is -0.937. The molecule has 0 spiro atoms. The molecule has 0 bridgehead atoms. The Balaban J connectivity index is 1.79. The van der Waals surface area contributed by atoms with Gasteiger partial charge in [-0.1, -0.05) is 30.3 Å². The SMILES string of the molecule is COc1cc(C(=O)O)ccc1CN1Cc2ccccc2C1. The fraction of sp³-hybridized carbons (Fsp3) is 0.235. The van der Waals surface area contributed by atoms with Crippen LogP contribution in [0.2, 0.25) is 0 Å². The molecule has 1 heterocycles. The highest BCUT2D eigenvalue weighted by Gasteiger charge is 2.19. The first-order valence-corrected chi connectivity index (χ1v) is 6.86. The number of aromatic carboxylic acids is 1. The lowest BCUT2D eigenvalue weighted by atomic mass is 10.1. The molecule has 0 unspecified atom stereocenters. The number of carboxylic acids is 1. The third kappa shape index (κ3) is 2.76. The highest BCUT2D eigenvalue weighted by molar-refractivity contribution is 5.88. The van der Waals surface area contributed by atoms with Crippen molar-refractivity contribution in [1.29, 1.82) is 0 Å². The highest BCUT2D eigenvalue weighted by Crippen LogP contribution is 2.27. The van der Waals surface area contributed by atoms with Crippen molar-refractivity contribution in [2.45, 2.75) is 19.6 Å². The summed E-state index contributed by atoms with van der Waals surface area (Å²) in [5.41, 5.74) is 3.98. The van der Waals surface area contributed by atoms with Crippen LogP contribution in [0.1, 0.15) is 27.0 Å². The summed E-state index contributed by atoms with van der Waals surface area (Å²) in [5.74, 6) is -0.306. The number of hydrogen-bond donors (Lipinski definition) is 1. The molecule has 0 aromatic heterocycles. The Hall–Kier alpha value is -2.33. The Labute approximate surface area is 123 Å². The zero-order valence-electron chi connectivity index (χ0n) is 11.9. The summed E-state index contributed by atoms with van der Waals surface area (Å²) >= 11 is 0. The van der Waals surface area contributed by atoms with Crippen LogP contribution in [0.5, 0.6) is 5.75 Å². The van der Waals surface area contributed by atoms with E-state index in [1.165, 1.54) is 11.1 Å². The molecule has 4 heteroatoms. The maximum Gasteiger partial charge on any atom is 0.335 e. The first kappa shape index (κ1) is 13.6. The minimum Gasteiger partial charge on any atom is -0.496 e. The molecule has 3 rings (SSSR count). The number of carboxylic acid groups (broad SMARTS) is 1. The normalized spacial score (nSPS) is 14.0. The van der Waals surface area contributed by atoms with Crippen molar-refractivity contribution in [3.63, 3.8) is 0 Å². The van der Waals surface area contributed by atoms with Gasteiger partial charge in [-0.05, 0) is 23.3 Å². The molecule has 1 aliphatic heterocycles. The van der Waals surface area contributed by atoms with Crippen LogP contribution in [0.3, 0.4) is 0 Å². The van der Waals surface area contributed by atoms with Crippen molar-refractivity contribution in [3.05, 3.63) is 64.7 Å².